The highest BCUT2D eigenvalue weighted by Crippen LogP contribution is 2.33. The summed E-state index contributed by atoms with van der Waals surface area (Å²) in [5.41, 5.74) is 4.18. The van der Waals surface area contributed by atoms with Crippen molar-refractivity contribution in [3.63, 3.8) is 0 Å². The fourth-order valence-corrected chi connectivity index (χ4v) is 2.50. The van der Waals surface area contributed by atoms with Crippen molar-refractivity contribution in [2.45, 2.75) is 19.2 Å². The van der Waals surface area contributed by atoms with Crippen LogP contribution in [0.25, 0.3) is 0 Å². The van der Waals surface area contributed by atoms with Crippen LogP contribution in [0.3, 0.4) is 0 Å². The second kappa shape index (κ2) is 5.62. The number of benzene rings is 2. The van der Waals surface area contributed by atoms with Crippen molar-refractivity contribution in [1.82, 2.24) is 0 Å². The van der Waals surface area contributed by atoms with Crippen molar-refractivity contribution in [3.8, 4) is 5.75 Å². The SMILES string of the molecule is COc1cc(C(Cl)c2ccc(C)cc2C)ccc1F. The van der Waals surface area contributed by atoms with E-state index in [0.29, 0.717) is 0 Å². The molecule has 19 heavy (non-hydrogen) atoms. The molecule has 0 aliphatic rings. The first-order valence-electron chi connectivity index (χ1n) is 6.07. The fourth-order valence-electron chi connectivity index (χ4n) is 2.12. The van der Waals surface area contributed by atoms with E-state index in [1.807, 2.05) is 26.0 Å². The molecule has 3 heteroatoms. The van der Waals surface area contributed by atoms with Crippen LogP contribution < -0.4 is 4.74 Å². The Labute approximate surface area is 118 Å². The lowest BCUT2D eigenvalue weighted by atomic mass is 9.98. The summed E-state index contributed by atoms with van der Waals surface area (Å²) in [5, 5.41) is -0.310. The molecule has 0 heterocycles. The standard InChI is InChI=1S/C16H16ClFO/c1-10-4-6-13(11(2)8-10)16(17)12-5-7-14(18)15(9-12)19-3/h4-9,16H,1-3H3. The van der Waals surface area contributed by atoms with Gasteiger partial charge in [0.05, 0.1) is 12.5 Å². The first-order chi connectivity index (χ1) is 9.02. The largest absolute Gasteiger partial charge is 0.494 e. The van der Waals surface area contributed by atoms with Crippen molar-refractivity contribution < 1.29 is 9.13 Å². The first kappa shape index (κ1) is 13.9. The quantitative estimate of drug-likeness (QED) is 0.734. The molecular weight excluding hydrogens is 263 g/mol. The fraction of sp³-hybridized carbons (Fsp3) is 0.250. The predicted molar refractivity (Wildman–Crippen MR) is 76.6 cm³/mol. The van der Waals surface area contributed by atoms with E-state index in [9.17, 15) is 4.39 Å². The molecule has 1 unspecified atom stereocenters. The molecule has 0 aromatic heterocycles. The van der Waals surface area contributed by atoms with E-state index >= 15 is 0 Å². The van der Waals surface area contributed by atoms with Gasteiger partial charge in [0.2, 0.25) is 0 Å². The number of methoxy groups -OCH3 is 1. The monoisotopic (exact) mass is 278 g/mol. The van der Waals surface area contributed by atoms with Gasteiger partial charge in [0.1, 0.15) is 0 Å². The molecule has 100 valence electrons. The third-order valence-electron chi connectivity index (χ3n) is 3.17. The van der Waals surface area contributed by atoms with Crippen LogP contribution >= 0.6 is 11.6 Å². The van der Waals surface area contributed by atoms with E-state index in [2.05, 4.69) is 6.07 Å². The summed E-state index contributed by atoms with van der Waals surface area (Å²) in [4.78, 5) is 0. The number of hydrogen-bond acceptors (Lipinski definition) is 1. The Balaban J connectivity index is 2.40. The summed E-state index contributed by atoms with van der Waals surface area (Å²) in [7, 11) is 1.45. The maximum absolute atomic E-state index is 13.4. The second-order valence-electron chi connectivity index (χ2n) is 4.62. The first-order valence-corrected chi connectivity index (χ1v) is 6.51. The molecule has 2 aromatic rings. The van der Waals surface area contributed by atoms with Gasteiger partial charge in [0.25, 0.3) is 0 Å². The van der Waals surface area contributed by atoms with E-state index in [0.717, 1.165) is 16.7 Å². The molecule has 1 nitrogen and oxygen atoms in total. The molecule has 1 atom stereocenters. The summed E-state index contributed by atoms with van der Waals surface area (Å²) in [6, 6.07) is 10.8. The summed E-state index contributed by atoms with van der Waals surface area (Å²) >= 11 is 6.49. The average Bonchev–Trinajstić information content (AvgIpc) is 2.38. The van der Waals surface area contributed by atoms with Crippen LogP contribution in [-0.4, -0.2) is 7.11 Å². The summed E-state index contributed by atoms with van der Waals surface area (Å²) in [6.45, 7) is 4.07. The molecular formula is C16H16ClFO. The van der Waals surface area contributed by atoms with E-state index in [4.69, 9.17) is 16.3 Å². The summed E-state index contributed by atoms with van der Waals surface area (Å²) in [6.07, 6.45) is 0. The van der Waals surface area contributed by atoms with E-state index in [1.54, 1.807) is 12.1 Å². The number of rotatable bonds is 3. The number of aryl methyl sites for hydroxylation is 2. The van der Waals surface area contributed by atoms with E-state index in [-0.39, 0.29) is 16.9 Å². The minimum atomic E-state index is -0.379. The van der Waals surface area contributed by atoms with Gasteiger partial charge in [-0.25, -0.2) is 4.39 Å². The topological polar surface area (TPSA) is 9.23 Å². The highest BCUT2D eigenvalue weighted by atomic mass is 35.5. The highest BCUT2D eigenvalue weighted by Gasteiger charge is 2.15. The van der Waals surface area contributed by atoms with Gasteiger partial charge in [-0.2, -0.15) is 0 Å². The van der Waals surface area contributed by atoms with Gasteiger partial charge < -0.3 is 4.74 Å². The smallest absolute Gasteiger partial charge is 0.165 e. The van der Waals surface area contributed by atoms with Gasteiger partial charge in [-0.05, 0) is 42.7 Å². The summed E-state index contributed by atoms with van der Waals surface area (Å²) in [5.74, 6) is -0.163. The van der Waals surface area contributed by atoms with E-state index in [1.165, 1.54) is 18.7 Å². The van der Waals surface area contributed by atoms with Crippen LogP contribution in [0.5, 0.6) is 5.75 Å². The van der Waals surface area contributed by atoms with Crippen molar-refractivity contribution in [2.75, 3.05) is 7.11 Å². The van der Waals surface area contributed by atoms with Crippen LogP contribution in [0.1, 0.15) is 27.6 Å². The van der Waals surface area contributed by atoms with Crippen LogP contribution in [0.15, 0.2) is 36.4 Å². The maximum Gasteiger partial charge on any atom is 0.165 e. The Morgan fingerprint density at radius 1 is 1.11 bits per heavy atom. The number of hydrogen-bond donors (Lipinski definition) is 0. The molecule has 0 saturated heterocycles. The lowest BCUT2D eigenvalue weighted by molar-refractivity contribution is 0.386. The Bertz CT molecular complexity index is 595. The lowest BCUT2D eigenvalue weighted by Gasteiger charge is -2.15. The van der Waals surface area contributed by atoms with Crippen molar-refractivity contribution in [1.29, 1.82) is 0 Å². The zero-order chi connectivity index (χ0) is 14.0. The Hall–Kier alpha value is -1.54. The van der Waals surface area contributed by atoms with Crippen molar-refractivity contribution in [3.05, 3.63) is 64.5 Å². The summed E-state index contributed by atoms with van der Waals surface area (Å²) < 4.78 is 18.4. The lowest BCUT2D eigenvalue weighted by Crippen LogP contribution is -1.98. The third kappa shape index (κ3) is 2.90. The zero-order valence-electron chi connectivity index (χ0n) is 11.2. The van der Waals surface area contributed by atoms with Crippen molar-refractivity contribution >= 4 is 11.6 Å². The van der Waals surface area contributed by atoms with Crippen LogP contribution in [0, 0.1) is 19.7 Å². The zero-order valence-corrected chi connectivity index (χ0v) is 12.0. The minimum absolute atomic E-state index is 0.216. The molecule has 0 fully saturated rings. The molecule has 0 spiro atoms. The molecule has 0 aliphatic heterocycles. The van der Waals surface area contributed by atoms with Crippen LogP contribution in [-0.2, 0) is 0 Å². The van der Waals surface area contributed by atoms with Crippen LogP contribution in [0.4, 0.5) is 4.39 Å². The van der Waals surface area contributed by atoms with Crippen molar-refractivity contribution in [2.24, 2.45) is 0 Å². The van der Waals surface area contributed by atoms with Crippen LogP contribution in [0.2, 0.25) is 0 Å². The van der Waals surface area contributed by atoms with Gasteiger partial charge in [-0.1, -0.05) is 29.8 Å². The molecule has 0 bridgehead atoms. The molecule has 2 rings (SSSR count). The highest BCUT2D eigenvalue weighted by molar-refractivity contribution is 6.22. The molecule has 0 amide bonds. The van der Waals surface area contributed by atoms with E-state index < -0.39 is 0 Å². The molecule has 0 saturated carbocycles. The predicted octanol–water partition coefficient (Wildman–Crippen LogP) is 4.78. The molecule has 0 aliphatic carbocycles. The van der Waals surface area contributed by atoms with Gasteiger partial charge >= 0.3 is 0 Å². The number of ether oxygens (including phenoxy) is 1. The number of alkyl halides is 1. The van der Waals surface area contributed by atoms with Gasteiger partial charge in [0, 0.05) is 0 Å². The third-order valence-corrected chi connectivity index (χ3v) is 3.65. The second-order valence-corrected chi connectivity index (χ2v) is 5.05. The number of halogens is 2. The Kier molecular flexibility index (Phi) is 4.11. The Morgan fingerprint density at radius 3 is 2.47 bits per heavy atom. The maximum atomic E-state index is 13.4. The molecule has 2 aromatic carbocycles. The van der Waals surface area contributed by atoms with Gasteiger partial charge in [-0.15, -0.1) is 11.6 Å². The Morgan fingerprint density at radius 2 is 1.84 bits per heavy atom. The average molecular weight is 279 g/mol. The molecule has 0 radical (unpaired) electrons. The normalized spacial score (nSPS) is 12.3. The van der Waals surface area contributed by atoms with Gasteiger partial charge in [0.15, 0.2) is 11.6 Å². The minimum Gasteiger partial charge on any atom is -0.494 e. The van der Waals surface area contributed by atoms with Gasteiger partial charge in [-0.3, -0.25) is 0 Å². The molecule has 0 N–H and O–H groups in total.